The van der Waals surface area contributed by atoms with Gasteiger partial charge in [0.1, 0.15) is 5.65 Å². The van der Waals surface area contributed by atoms with Gasteiger partial charge in [0.25, 0.3) is 0 Å². The third kappa shape index (κ3) is 2.78. The van der Waals surface area contributed by atoms with Crippen LogP contribution in [0, 0.1) is 23.2 Å². The number of rotatable bonds is 3. The maximum absolute atomic E-state index is 13.5. The van der Waals surface area contributed by atoms with Crippen molar-refractivity contribution in [2.45, 2.75) is 45.1 Å². The molecule has 0 spiro atoms. The van der Waals surface area contributed by atoms with Crippen molar-refractivity contribution in [2.24, 2.45) is 23.2 Å². The van der Waals surface area contributed by atoms with Crippen molar-refractivity contribution in [1.29, 1.82) is 0 Å². The first-order valence-electron chi connectivity index (χ1n) is 11.1. The van der Waals surface area contributed by atoms with Gasteiger partial charge in [-0.05, 0) is 68.4 Å². The minimum Gasteiger partial charge on any atom is -0.340 e. The molecule has 5 fully saturated rings. The molecule has 5 nitrogen and oxygen atoms in total. The van der Waals surface area contributed by atoms with E-state index in [0.29, 0.717) is 5.91 Å². The highest BCUT2D eigenvalue weighted by molar-refractivity contribution is 5.83. The first kappa shape index (κ1) is 17.0. The molecule has 0 N–H and O–H groups in total. The Morgan fingerprint density at radius 2 is 1.68 bits per heavy atom. The fourth-order valence-corrected chi connectivity index (χ4v) is 7.11. The summed E-state index contributed by atoms with van der Waals surface area (Å²) in [6, 6.07) is 6.11. The van der Waals surface area contributed by atoms with E-state index in [1.807, 2.05) is 24.4 Å². The number of piperazine rings is 1. The van der Waals surface area contributed by atoms with Crippen LogP contribution in [-0.4, -0.2) is 51.3 Å². The van der Waals surface area contributed by atoms with E-state index in [1.54, 1.807) is 0 Å². The molecule has 0 unspecified atom stereocenters. The van der Waals surface area contributed by atoms with E-state index in [1.165, 1.54) is 38.5 Å². The number of carbonyl (C=O) groups excluding carboxylic acids is 1. The molecule has 5 heteroatoms. The van der Waals surface area contributed by atoms with Crippen molar-refractivity contribution in [1.82, 2.24) is 19.2 Å². The zero-order chi connectivity index (χ0) is 18.7. The largest absolute Gasteiger partial charge is 0.340 e. The Labute approximate surface area is 166 Å². The number of imidazole rings is 1. The second-order valence-corrected chi connectivity index (χ2v) is 9.96. The van der Waals surface area contributed by atoms with Crippen molar-refractivity contribution in [3.8, 4) is 0 Å². The van der Waals surface area contributed by atoms with Crippen molar-refractivity contribution in [3.63, 3.8) is 0 Å². The molecule has 28 heavy (non-hydrogen) atoms. The summed E-state index contributed by atoms with van der Waals surface area (Å²) in [5.74, 6) is 3.02. The number of aromatic nitrogens is 2. The number of carbonyl (C=O) groups is 1. The Morgan fingerprint density at radius 1 is 1.00 bits per heavy atom. The van der Waals surface area contributed by atoms with Crippen LogP contribution in [0.15, 0.2) is 30.6 Å². The van der Waals surface area contributed by atoms with Gasteiger partial charge in [-0.1, -0.05) is 6.07 Å². The highest BCUT2D eigenvalue weighted by Crippen LogP contribution is 2.60. The van der Waals surface area contributed by atoms with E-state index in [2.05, 4.69) is 20.4 Å². The van der Waals surface area contributed by atoms with Gasteiger partial charge in [-0.15, -0.1) is 0 Å². The third-order valence-corrected chi connectivity index (χ3v) is 7.95. The van der Waals surface area contributed by atoms with Gasteiger partial charge in [0, 0.05) is 45.1 Å². The molecule has 1 amide bonds. The smallest absolute Gasteiger partial charge is 0.228 e. The lowest BCUT2D eigenvalue weighted by atomic mass is 9.49. The molecule has 1 saturated heterocycles. The molecule has 5 aliphatic rings. The fraction of sp³-hybridized carbons (Fsp3) is 0.652. The van der Waals surface area contributed by atoms with Crippen LogP contribution in [0.4, 0.5) is 0 Å². The molecule has 2 aromatic rings. The fourth-order valence-electron chi connectivity index (χ4n) is 7.11. The summed E-state index contributed by atoms with van der Waals surface area (Å²) in [4.78, 5) is 22.9. The molecule has 1 aliphatic heterocycles. The Bertz CT molecular complexity index is 827. The van der Waals surface area contributed by atoms with Gasteiger partial charge in [-0.3, -0.25) is 9.69 Å². The third-order valence-electron chi connectivity index (χ3n) is 7.95. The van der Waals surface area contributed by atoms with E-state index in [4.69, 9.17) is 4.98 Å². The van der Waals surface area contributed by atoms with Crippen LogP contribution < -0.4 is 0 Å². The number of pyridine rings is 1. The van der Waals surface area contributed by atoms with E-state index in [0.717, 1.165) is 61.8 Å². The first-order chi connectivity index (χ1) is 13.7. The summed E-state index contributed by atoms with van der Waals surface area (Å²) < 4.78 is 2.09. The second kappa shape index (κ2) is 6.31. The predicted molar refractivity (Wildman–Crippen MR) is 108 cm³/mol. The number of hydrogen-bond acceptors (Lipinski definition) is 3. The van der Waals surface area contributed by atoms with Gasteiger partial charge in [0.15, 0.2) is 0 Å². The average Bonchev–Trinajstić information content (AvgIpc) is 3.09. The highest BCUT2D eigenvalue weighted by atomic mass is 16.2. The summed E-state index contributed by atoms with van der Waals surface area (Å²) in [6.45, 7) is 4.57. The maximum atomic E-state index is 13.5. The molecule has 4 bridgehead atoms. The van der Waals surface area contributed by atoms with Crippen LogP contribution in [0.1, 0.15) is 44.2 Å². The molecule has 4 aliphatic carbocycles. The van der Waals surface area contributed by atoms with Gasteiger partial charge in [0.2, 0.25) is 5.91 Å². The summed E-state index contributed by atoms with van der Waals surface area (Å²) in [5.41, 5.74) is 2.14. The van der Waals surface area contributed by atoms with Gasteiger partial charge >= 0.3 is 0 Å². The highest BCUT2D eigenvalue weighted by Gasteiger charge is 2.55. The van der Waals surface area contributed by atoms with Crippen molar-refractivity contribution in [3.05, 3.63) is 36.3 Å². The molecule has 2 aromatic heterocycles. The lowest BCUT2D eigenvalue weighted by Gasteiger charge is -2.57. The van der Waals surface area contributed by atoms with Crippen LogP contribution in [0.3, 0.4) is 0 Å². The number of hydrogen-bond donors (Lipinski definition) is 0. The van der Waals surface area contributed by atoms with Gasteiger partial charge in [0.05, 0.1) is 11.1 Å². The Kier molecular flexibility index (Phi) is 3.84. The standard InChI is InChI=1S/C23H30N4O/c28-22(23-12-17-9-18(13-23)11-19(10-17)14-23)26-7-5-25(6-8-26)15-20-16-27-4-2-1-3-21(27)24-20/h1-4,16-19H,5-15H2. The second-order valence-electron chi connectivity index (χ2n) is 9.96. The topological polar surface area (TPSA) is 40.9 Å². The molecule has 148 valence electrons. The van der Waals surface area contributed by atoms with E-state index in [9.17, 15) is 4.79 Å². The Balaban J connectivity index is 1.10. The summed E-state index contributed by atoms with van der Waals surface area (Å²) in [6.07, 6.45) is 11.9. The van der Waals surface area contributed by atoms with Gasteiger partial charge in [-0.2, -0.15) is 0 Å². The van der Waals surface area contributed by atoms with Gasteiger partial charge < -0.3 is 9.30 Å². The van der Waals surface area contributed by atoms with Crippen LogP contribution in [0.5, 0.6) is 0 Å². The number of nitrogens with zero attached hydrogens (tertiary/aromatic N) is 4. The molecule has 0 radical (unpaired) electrons. The lowest BCUT2D eigenvalue weighted by molar-refractivity contribution is -0.159. The maximum Gasteiger partial charge on any atom is 0.228 e. The van der Waals surface area contributed by atoms with E-state index >= 15 is 0 Å². The Hall–Kier alpha value is -1.88. The SMILES string of the molecule is O=C(N1CCN(Cc2cn3ccccc3n2)CC1)C12CC3CC(CC(C3)C1)C2. The zero-order valence-corrected chi connectivity index (χ0v) is 16.6. The average molecular weight is 379 g/mol. The lowest BCUT2D eigenvalue weighted by Crippen LogP contribution is -2.58. The van der Waals surface area contributed by atoms with E-state index < -0.39 is 0 Å². The predicted octanol–water partition coefficient (Wildman–Crippen LogP) is 3.19. The molecule has 0 aromatic carbocycles. The monoisotopic (exact) mass is 378 g/mol. The van der Waals surface area contributed by atoms with Crippen LogP contribution in [0.2, 0.25) is 0 Å². The quantitative estimate of drug-likeness (QED) is 0.824. The molecule has 3 heterocycles. The summed E-state index contributed by atoms with van der Waals surface area (Å²) >= 11 is 0. The number of fused-ring (bicyclic) bond motifs is 1. The van der Waals surface area contributed by atoms with E-state index in [-0.39, 0.29) is 5.41 Å². The molecule has 4 saturated carbocycles. The van der Waals surface area contributed by atoms with Gasteiger partial charge in [-0.25, -0.2) is 4.98 Å². The van der Waals surface area contributed by atoms with Crippen molar-refractivity contribution < 1.29 is 4.79 Å². The minimum absolute atomic E-state index is 0.0124. The van der Waals surface area contributed by atoms with Crippen LogP contribution in [0.25, 0.3) is 5.65 Å². The zero-order valence-electron chi connectivity index (χ0n) is 16.6. The van der Waals surface area contributed by atoms with Crippen molar-refractivity contribution in [2.75, 3.05) is 26.2 Å². The van der Waals surface area contributed by atoms with Crippen LogP contribution in [-0.2, 0) is 11.3 Å². The minimum atomic E-state index is 0.0124. The number of amides is 1. The summed E-state index contributed by atoms with van der Waals surface area (Å²) in [7, 11) is 0. The van der Waals surface area contributed by atoms with Crippen LogP contribution >= 0.6 is 0 Å². The normalized spacial score (nSPS) is 35.0. The summed E-state index contributed by atoms with van der Waals surface area (Å²) in [5, 5.41) is 0. The molecule has 0 atom stereocenters. The molecular weight excluding hydrogens is 348 g/mol. The molecule has 7 rings (SSSR count). The first-order valence-corrected chi connectivity index (χ1v) is 11.1. The van der Waals surface area contributed by atoms with Crippen molar-refractivity contribution >= 4 is 11.6 Å². The Morgan fingerprint density at radius 3 is 2.32 bits per heavy atom. The molecular formula is C23H30N4O.